The highest BCUT2D eigenvalue weighted by Crippen LogP contribution is 2.53. The molecule has 0 nitrogen and oxygen atoms in total. The van der Waals surface area contributed by atoms with Crippen molar-refractivity contribution >= 4 is 0 Å². The van der Waals surface area contributed by atoms with Gasteiger partial charge in [-0.25, -0.2) is 0 Å². The lowest BCUT2D eigenvalue weighted by atomic mass is 9.52. The maximum Gasteiger partial charge on any atom is -0.0352 e. The molecular formula is C16H30. The minimum absolute atomic E-state index is 0.928. The van der Waals surface area contributed by atoms with E-state index in [0.29, 0.717) is 0 Å². The summed E-state index contributed by atoms with van der Waals surface area (Å²) in [5, 5.41) is 0. The summed E-state index contributed by atoms with van der Waals surface area (Å²) in [6.07, 6.45) is 2.99. The number of hydrogen-bond acceptors (Lipinski definition) is 0. The fraction of sp³-hybridized carbons (Fsp3) is 1.00. The van der Waals surface area contributed by atoms with Crippen LogP contribution in [-0.4, -0.2) is 0 Å². The van der Waals surface area contributed by atoms with E-state index in [-0.39, 0.29) is 0 Å². The number of hydrogen-bond donors (Lipinski definition) is 0. The maximum atomic E-state index is 2.52. The lowest BCUT2D eigenvalue weighted by molar-refractivity contribution is -0.0422. The van der Waals surface area contributed by atoms with Gasteiger partial charge < -0.3 is 0 Å². The van der Waals surface area contributed by atoms with Gasteiger partial charge in [0.1, 0.15) is 0 Å². The van der Waals surface area contributed by atoms with E-state index in [1.807, 2.05) is 0 Å². The molecule has 0 saturated heterocycles. The van der Waals surface area contributed by atoms with Crippen LogP contribution in [0, 0.1) is 47.3 Å². The Morgan fingerprint density at radius 1 is 0.500 bits per heavy atom. The standard InChI is InChI=1S/C16H30/c1-9-7-15-13(5)11(3)12(4)14(6)16(15)8-10(9)2/h9-16H,7-8H2,1-6H3. The molecule has 8 unspecified atom stereocenters. The van der Waals surface area contributed by atoms with Gasteiger partial charge in [0.15, 0.2) is 0 Å². The first-order valence-electron chi connectivity index (χ1n) is 7.43. The number of fused-ring (bicyclic) bond motifs is 1. The van der Waals surface area contributed by atoms with Crippen LogP contribution < -0.4 is 0 Å². The van der Waals surface area contributed by atoms with E-state index in [9.17, 15) is 0 Å². The third kappa shape index (κ3) is 1.83. The molecule has 0 heteroatoms. The molecule has 2 saturated carbocycles. The normalized spacial score (nSPS) is 58.1. The fourth-order valence-electron chi connectivity index (χ4n) is 4.62. The van der Waals surface area contributed by atoms with E-state index in [1.165, 1.54) is 12.8 Å². The SMILES string of the molecule is CC1CC2C(C)C(C)C(C)C(C)C2CC1C. The van der Waals surface area contributed by atoms with Gasteiger partial charge in [-0.15, -0.1) is 0 Å². The van der Waals surface area contributed by atoms with Crippen LogP contribution in [0.4, 0.5) is 0 Å². The van der Waals surface area contributed by atoms with Crippen molar-refractivity contribution in [2.45, 2.75) is 54.4 Å². The Hall–Kier alpha value is 0. The highest BCUT2D eigenvalue weighted by molar-refractivity contribution is 4.95. The Morgan fingerprint density at radius 2 is 0.812 bits per heavy atom. The lowest BCUT2D eigenvalue weighted by Gasteiger charge is -2.53. The van der Waals surface area contributed by atoms with Crippen molar-refractivity contribution in [3.8, 4) is 0 Å². The Balaban J connectivity index is 2.19. The van der Waals surface area contributed by atoms with Gasteiger partial charge in [0.05, 0.1) is 0 Å². The molecule has 16 heavy (non-hydrogen) atoms. The monoisotopic (exact) mass is 222 g/mol. The molecule has 8 atom stereocenters. The second-order valence-electron chi connectivity index (χ2n) is 7.19. The predicted octanol–water partition coefficient (Wildman–Crippen LogP) is 4.84. The van der Waals surface area contributed by atoms with Gasteiger partial charge in [0.25, 0.3) is 0 Å². The molecule has 94 valence electrons. The molecule has 0 radical (unpaired) electrons. The zero-order chi connectivity index (χ0) is 12.0. The van der Waals surface area contributed by atoms with Crippen molar-refractivity contribution < 1.29 is 0 Å². The summed E-state index contributed by atoms with van der Waals surface area (Å²) in [5.74, 6) is 7.71. The van der Waals surface area contributed by atoms with Crippen LogP contribution in [0.25, 0.3) is 0 Å². The summed E-state index contributed by atoms with van der Waals surface area (Å²) in [7, 11) is 0. The molecule has 0 aromatic heterocycles. The van der Waals surface area contributed by atoms with Crippen molar-refractivity contribution in [1.29, 1.82) is 0 Å². The van der Waals surface area contributed by atoms with Gasteiger partial charge in [-0.05, 0) is 60.2 Å². The fourth-order valence-corrected chi connectivity index (χ4v) is 4.62. The van der Waals surface area contributed by atoms with Gasteiger partial charge in [-0.2, -0.15) is 0 Å². The average molecular weight is 222 g/mol. The average Bonchev–Trinajstić information content (AvgIpc) is 2.26. The van der Waals surface area contributed by atoms with Crippen LogP contribution in [0.2, 0.25) is 0 Å². The van der Waals surface area contributed by atoms with Crippen LogP contribution in [-0.2, 0) is 0 Å². The first-order valence-corrected chi connectivity index (χ1v) is 7.43. The van der Waals surface area contributed by atoms with Crippen LogP contribution in [0.3, 0.4) is 0 Å². The molecule has 0 heterocycles. The second-order valence-corrected chi connectivity index (χ2v) is 7.19. The van der Waals surface area contributed by atoms with Gasteiger partial charge >= 0.3 is 0 Å². The van der Waals surface area contributed by atoms with E-state index in [1.54, 1.807) is 0 Å². The highest BCUT2D eigenvalue weighted by Gasteiger charge is 2.46. The quantitative estimate of drug-likeness (QED) is 0.550. The molecule has 2 fully saturated rings. The molecule has 0 spiro atoms. The molecule has 0 aromatic rings. The molecule has 0 amide bonds. The minimum atomic E-state index is 0.928. The summed E-state index contributed by atoms with van der Waals surface area (Å²) < 4.78 is 0. The van der Waals surface area contributed by atoms with Crippen LogP contribution in [0.5, 0.6) is 0 Å². The predicted molar refractivity (Wildman–Crippen MR) is 71.2 cm³/mol. The Kier molecular flexibility index (Phi) is 3.39. The van der Waals surface area contributed by atoms with Crippen molar-refractivity contribution in [3.63, 3.8) is 0 Å². The maximum absolute atomic E-state index is 2.52. The van der Waals surface area contributed by atoms with E-state index in [2.05, 4.69) is 41.5 Å². The summed E-state index contributed by atoms with van der Waals surface area (Å²) in [4.78, 5) is 0. The first kappa shape index (κ1) is 12.5. The summed E-state index contributed by atoms with van der Waals surface area (Å²) >= 11 is 0. The minimum Gasteiger partial charge on any atom is -0.0622 e. The van der Waals surface area contributed by atoms with E-state index in [4.69, 9.17) is 0 Å². The van der Waals surface area contributed by atoms with E-state index in [0.717, 1.165) is 47.3 Å². The molecule has 2 aliphatic rings. The summed E-state index contributed by atoms with van der Waals surface area (Å²) in [6, 6.07) is 0. The highest BCUT2D eigenvalue weighted by atomic mass is 14.5. The van der Waals surface area contributed by atoms with Crippen LogP contribution in [0.15, 0.2) is 0 Å². The zero-order valence-corrected chi connectivity index (χ0v) is 12.0. The van der Waals surface area contributed by atoms with Crippen LogP contribution >= 0.6 is 0 Å². The second kappa shape index (κ2) is 4.35. The number of rotatable bonds is 0. The molecule has 0 aromatic carbocycles. The zero-order valence-electron chi connectivity index (χ0n) is 12.0. The van der Waals surface area contributed by atoms with Crippen molar-refractivity contribution in [2.24, 2.45) is 47.3 Å². The molecule has 2 aliphatic carbocycles. The third-order valence-corrected chi connectivity index (χ3v) is 6.65. The van der Waals surface area contributed by atoms with Crippen LogP contribution in [0.1, 0.15) is 54.4 Å². The molecule has 0 N–H and O–H groups in total. The Bertz CT molecular complexity index is 218. The van der Waals surface area contributed by atoms with Crippen molar-refractivity contribution in [2.75, 3.05) is 0 Å². The molecule has 0 bridgehead atoms. The first-order chi connectivity index (χ1) is 7.43. The van der Waals surface area contributed by atoms with Gasteiger partial charge in [0, 0.05) is 0 Å². The molecular weight excluding hydrogens is 192 g/mol. The largest absolute Gasteiger partial charge is 0.0622 e. The topological polar surface area (TPSA) is 0 Å². The third-order valence-electron chi connectivity index (χ3n) is 6.65. The summed E-state index contributed by atoms with van der Waals surface area (Å²) in [5.41, 5.74) is 0. The molecule has 0 aliphatic heterocycles. The molecule has 2 rings (SSSR count). The smallest absolute Gasteiger partial charge is 0.0352 e. The van der Waals surface area contributed by atoms with Gasteiger partial charge in [-0.1, -0.05) is 41.5 Å². The lowest BCUT2D eigenvalue weighted by Crippen LogP contribution is -2.46. The Labute approximate surface area is 102 Å². The van der Waals surface area contributed by atoms with Gasteiger partial charge in [-0.3, -0.25) is 0 Å². The van der Waals surface area contributed by atoms with Gasteiger partial charge in [0.2, 0.25) is 0 Å². The van der Waals surface area contributed by atoms with Crippen molar-refractivity contribution in [1.82, 2.24) is 0 Å². The van der Waals surface area contributed by atoms with E-state index < -0.39 is 0 Å². The van der Waals surface area contributed by atoms with E-state index >= 15 is 0 Å². The Morgan fingerprint density at radius 3 is 1.12 bits per heavy atom. The van der Waals surface area contributed by atoms with Crippen molar-refractivity contribution in [3.05, 3.63) is 0 Å². The summed E-state index contributed by atoms with van der Waals surface area (Å²) in [6.45, 7) is 15.0.